The maximum Gasteiger partial charge on any atom is 0.198 e. The monoisotopic (exact) mass is 270 g/mol. The smallest absolute Gasteiger partial charge is 0.198 e. The summed E-state index contributed by atoms with van der Waals surface area (Å²) in [5.74, 6) is -0.157. The van der Waals surface area contributed by atoms with E-state index in [1.54, 1.807) is 6.92 Å². The van der Waals surface area contributed by atoms with E-state index < -0.39 is 5.92 Å². The third kappa shape index (κ3) is 2.28. The molecule has 0 saturated carbocycles. The van der Waals surface area contributed by atoms with Gasteiger partial charge in [0.1, 0.15) is 12.8 Å². The topological polar surface area (TPSA) is 80.0 Å². The molecule has 2 N–H and O–H groups in total. The summed E-state index contributed by atoms with van der Waals surface area (Å²) in [6, 6.07) is 5.87. The van der Waals surface area contributed by atoms with Gasteiger partial charge >= 0.3 is 0 Å². The molecule has 0 aromatic carbocycles. The van der Waals surface area contributed by atoms with Crippen LogP contribution in [0.5, 0.6) is 0 Å². The highest BCUT2D eigenvalue weighted by atomic mass is 16.5. The molecule has 1 aliphatic heterocycles. The molecule has 0 radical (unpaired) electrons. The van der Waals surface area contributed by atoms with Crippen LogP contribution < -0.4 is 10.3 Å². The standard InChI is InChI=1S/C15H15N3O2/c1-9(19)13-14(11-5-4-6-18(3)8-11)12(7-16)10(2)20-15(13)17/h4-6,8,14H,1-3H3,(H-,17,19)/p+1/t14-/m0/s1. The van der Waals surface area contributed by atoms with Crippen molar-refractivity contribution >= 4 is 5.78 Å². The summed E-state index contributed by atoms with van der Waals surface area (Å²) < 4.78 is 7.20. The number of carbonyl (C=O) groups excluding carboxylic acids is 1. The van der Waals surface area contributed by atoms with E-state index in [0.717, 1.165) is 5.56 Å². The molecule has 0 aliphatic carbocycles. The number of aryl methyl sites for hydroxylation is 1. The summed E-state index contributed by atoms with van der Waals surface area (Å²) in [5.41, 5.74) is 7.42. The molecule has 0 fully saturated rings. The molecule has 0 spiro atoms. The number of nitriles is 1. The van der Waals surface area contributed by atoms with E-state index in [1.807, 2.05) is 36.1 Å². The maximum atomic E-state index is 11.9. The SMILES string of the molecule is CC(=O)C1=C(N)OC(C)=C(C#N)[C@@H]1c1ccc[n+](C)c1. The van der Waals surface area contributed by atoms with Crippen LogP contribution in [-0.2, 0) is 16.6 Å². The third-order valence-electron chi connectivity index (χ3n) is 3.28. The number of hydrogen-bond donors (Lipinski definition) is 1. The van der Waals surface area contributed by atoms with Crippen LogP contribution >= 0.6 is 0 Å². The van der Waals surface area contributed by atoms with Crippen LogP contribution in [0.15, 0.2) is 47.3 Å². The Morgan fingerprint density at radius 3 is 2.80 bits per heavy atom. The van der Waals surface area contributed by atoms with Crippen LogP contribution in [-0.4, -0.2) is 5.78 Å². The lowest BCUT2D eigenvalue weighted by Crippen LogP contribution is -2.30. The molecular formula is C15H16N3O2+. The Bertz CT molecular complexity index is 681. The van der Waals surface area contributed by atoms with Crippen molar-refractivity contribution in [3.05, 3.63) is 52.9 Å². The van der Waals surface area contributed by atoms with Crippen molar-refractivity contribution in [2.45, 2.75) is 19.8 Å². The Hall–Kier alpha value is -2.61. The minimum absolute atomic E-state index is 0.0745. The van der Waals surface area contributed by atoms with E-state index in [1.165, 1.54) is 6.92 Å². The molecule has 2 heterocycles. The molecule has 0 bridgehead atoms. The predicted octanol–water partition coefficient (Wildman–Crippen LogP) is 1.18. The highest BCUT2D eigenvalue weighted by Gasteiger charge is 2.34. The molecule has 2 rings (SSSR count). The van der Waals surface area contributed by atoms with Gasteiger partial charge in [-0.05, 0) is 19.9 Å². The van der Waals surface area contributed by atoms with Gasteiger partial charge in [0.25, 0.3) is 0 Å². The average molecular weight is 270 g/mol. The fourth-order valence-electron chi connectivity index (χ4n) is 2.40. The molecule has 0 saturated heterocycles. The highest BCUT2D eigenvalue weighted by molar-refractivity contribution is 5.96. The minimum Gasteiger partial charge on any atom is -0.445 e. The van der Waals surface area contributed by atoms with E-state index in [0.29, 0.717) is 16.9 Å². The summed E-state index contributed by atoms with van der Waals surface area (Å²) in [5, 5.41) is 9.38. The number of hydrogen-bond acceptors (Lipinski definition) is 4. The Balaban J connectivity index is 2.67. The molecule has 102 valence electrons. The molecule has 1 aromatic heterocycles. The summed E-state index contributed by atoms with van der Waals surface area (Å²) in [6.45, 7) is 3.11. The number of aromatic nitrogens is 1. The van der Waals surface area contributed by atoms with Gasteiger partial charge in [0.2, 0.25) is 0 Å². The average Bonchev–Trinajstić information content (AvgIpc) is 2.37. The number of ether oxygens (including phenoxy) is 1. The molecular weight excluding hydrogens is 254 g/mol. The van der Waals surface area contributed by atoms with Crippen LogP contribution in [0.4, 0.5) is 0 Å². The van der Waals surface area contributed by atoms with Crippen molar-refractivity contribution < 1.29 is 14.1 Å². The van der Waals surface area contributed by atoms with Crippen LogP contribution in [0.1, 0.15) is 25.3 Å². The lowest BCUT2D eigenvalue weighted by Gasteiger charge is -2.25. The fraction of sp³-hybridized carbons (Fsp3) is 0.267. The quantitative estimate of drug-likeness (QED) is 0.818. The largest absolute Gasteiger partial charge is 0.445 e. The number of allylic oxidation sites excluding steroid dienone is 3. The molecule has 20 heavy (non-hydrogen) atoms. The zero-order chi connectivity index (χ0) is 14.9. The molecule has 5 nitrogen and oxygen atoms in total. The van der Waals surface area contributed by atoms with E-state index in [-0.39, 0.29) is 11.7 Å². The lowest BCUT2D eigenvalue weighted by atomic mass is 9.82. The van der Waals surface area contributed by atoms with Gasteiger partial charge in [0, 0.05) is 11.6 Å². The highest BCUT2D eigenvalue weighted by Crippen LogP contribution is 2.38. The van der Waals surface area contributed by atoms with Gasteiger partial charge in [-0.25, -0.2) is 4.57 Å². The van der Waals surface area contributed by atoms with Crippen molar-refractivity contribution in [3.63, 3.8) is 0 Å². The van der Waals surface area contributed by atoms with E-state index in [9.17, 15) is 10.1 Å². The summed E-state index contributed by atoms with van der Waals surface area (Å²) in [6.07, 6.45) is 3.75. The Morgan fingerprint density at radius 1 is 1.55 bits per heavy atom. The van der Waals surface area contributed by atoms with Crippen molar-refractivity contribution in [2.75, 3.05) is 0 Å². The zero-order valence-corrected chi connectivity index (χ0v) is 11.7. The molecule has 0 unspecified atom stereocenters. The molecule has 0 amide bonds. The van der Waals surface area contributed by atoms with Crippen LogP contribution in [0.25, 0.3) is 0 Å². The molecule has 5 heteroatoms. The lowest BCUT2D eigenvalue weighted by molar-refractivity contribution is -0.671. The van der Waals surface area contributed by atoms with Gasteiger partial charge in [-0.15, -0.1) is 0 Å². The molecule has 1 aliphatic rings. The number of ketones is 1. The fourth-order valence-corrected chi connectivity index (χ4v) is 2.40. The predicted molar refractivity (Wildman–Crippen MR) is 71.7 cm³/mol. The molecule has 1 aromatic rings. The summed E-state index contributed by atoms with van der Waals surface area (Å²) in [4.78, 5) is 11.9. The van der Waals surface area contributed by atoms with Gasteiger partial charge in [-0.2, -0.15) is 5.26 Å². The van der Waals surface area contributed by atoms with Crippen LogP contribution in [0, 0.1) is 11.3 Å². The van der Waals surface area contributed by atoms with Crippen molar-refractivity contribution in [3.8, 4) is 6.07 Å². The Morgan fingerprint density at radius 2 is 2.25 bits per heavy atom. The second-order valence-electron chi connectivity index (χ2n) is 4.75. The van der Waals surface area contributed by atoms with Crippen molar-refractivity contribution in [1.82, 2.24) is 0 Å². The van der Waals surface area contributed by atoms with E-state index in [4.69, 9.17) is 10.5 Å². The third-order valence-corrected chi connectivity index (χ3v) is 3.28. The number of rotatable bonds is 2. The van der Waals surface area contributed by atoms with Gasteiger partial charge in [-0.1, -0.05) is 0 Å². The van der Waals surface area contributed by atoms with Crippen molar-refractivity contribution in [1.29, 1.82) is 5.26 Å². The Kier molecular flexibility index (Phi) is 3.57. The van der Waals surface area contributed by atoms with E-state index >= 15 is 0 Å². The number of nitrogens with two attached hydrogens (primary N) is 1. The first-order valence-electron chi connectivity index (χ1n) is 6.20. The summed E-state index contributed by atoms with van der Waals surface area (Å²) in [7, 11) is 1.88. The van der Waals surface area contributed by atoms with Crippen LogP contribution in [0.3, 0.4) is 0 Å². The number of nitrogens with zero attached hydrogens (tertiary/aromatic N) is 2. The van der Waals surface area contributed by atoms with Gasteiger partial charge in [0.15, 0.2) is 24.1 Å². The first-order valence-corrected chi connectivity index (χ1v) is 6.20. The minimum atomic E-state index is -0.473. The van der Waals surface area contributed by atoms with E-state index in [2.05, 4.69) is 6.07 Å². The zero-order valence-electron chi connectivity index (χ0n) is 11.7. The second-order valence-corrected chi connectivity index (χ2v) is 4.75. The van der Waals surface area contributed by atoms with Gasteiger partial charge in [0.05, 0.1) is 23.1 Å². The Labute approximate surface area is 117 Å². The molecule has 1 atom stereocenters. The maximum absolute atomic E-state index is 11.9. The normalized spacial score (nSPS) is 18.6. The number of Topliss-reactive ketones (excluding diaryl/α,β-unsaturated/α-hetero) is 1. The second kappa shape index (κ2) is 5.17. The van der Waals surface area contributed by atoms with Gasteiger partial charge in [-0.3, -0.25) is 4.79 Å². The van der Waals surface area contributed by atoms with Crippen molar-refractivity contribution in [2.24, 2.45) is 12.8 Å². The summed E-state index contributed by atoms with van der Waals surface area (Å²) >= 11 is 0. The first kappa shape index (κ1) is 13.8. The first-order chi connectivity index (χ1) is 9.45. The van der Waals surface area contributed by atoms with Crippen LogP contribution in [0.2, 0.25) is 0 Å². The van der Waals surface area contributed by atoms with Gasteiger partial charge < -0.3 is 10.5 Å². The number of carbonyl (C=O) groups is 1. The number of pyridine rings is 1.